The number of carbonyl (C=O) groups is 1. The van der Waals surface area contributed by atoms with Crippen molar-refractivity contribution in [2.45, 2.75) is 40.0 Å². The maximum Gasteiger partial charge on any atom is 0.162 e. The van der Waals surface area contributed by atoms with Crippen LogP contribution in [0.3, 0.4) is 0 Å². The summed E-state index contributed by atoms with van der Waals surface area (Å²) in [5.74, 6) is 0.323. The third-order valence-electron chi connectivity index (χ3n) is 3.01. The minimum Gasteiger partial charge on any atom is -0.294 e. The summed E-state index contributed by atoms with van der Waals surface area (Å²) in [6.07, 6.45) is 9.33. The fourth-order valence-corrected chi connectivity index (χ4v) is 2.53. The van der Waals surface area contributed by atoms with Crippen molar-refractivity contribution in [1.29, 1.82) is 0 Å². The summed E-state index contributed by atoms with van der Waals surface area (Å²) in [6, 6.07) is 0. The zero-order valence-electron chi connectivity index (χ0n) is 9.76. The molecule has 0 spiro atoms. The molecule has 2 aliphatic carbocycles. The molecule has 80 valence electrons. The van der Waals surface area contributed by atoms with Gasteiger partial charge in [0.15, 0.2) is 5.78 Å². The normalized spacial score (nSPS) is 24.7. The molecule has 1 saturated carbocycles. The van der Waals surface area contributed by atoms with Crippen molar-refractivity contribution in [3.63, 3.8) is 0 Å². The van der Waals surface area contributed by atoms with E-state index in [1.54, 1.807) is 0 Å². The van der Waals surface area contributed by atoms with Gasteiger partial charge in [0.05, 0.1) is 0 Å². The van der Waals surface area contributed by atoms with Crippen molar-refractivity contribution in [2.75, 3.05) is 0 Å². The summed E-state index contributed by atoms with van der Waals surface area (Å²) in [5, 5.41) is 0. The minimum atomic E-state index is 0.00463. The molecule has 0 unspecified atom stereocenters. The first-order valence-electron chi connectivity index (χ1n) is 5.64. The lowest BCUT2D eigenvalue weighted by Crippen LogP contribution is -2.14. The van der Waals surface area contributed by atoms with Gasteiger partial charge in [-0.25, -0.2) is 0 Å². The summed E-state index contributed by atoms with van der Waals surface area (Å²) in [6.45, 7) is 6.43. The van der Waals surface area contributed by atoms with Crippen molar-refractivity contribution in [3.8, 4) is 0 Å². The lowest BCUT2D eigenvalue weighted by molar-refractivity contribution is -0.115. The van der Waals surface area contributed by atoms with Crippen LogP contribution in [0, 0.1) is 5.41 Å². The van der Waals surface area contributed by atoms with Crippen LogP contribution in [0.2, 0.25) is 0 Å². The van der Waals surface area contributed by atoms with Crippen LogP contribution in [0.1, 0.15) is 40.0 Å². The number of rotatable bonds is 0. The Bertz CT molecular complexity index is 392. The lowest BCUT2D eigenvalue weighted by Gasteiger charge is -2.20. The molecule has 0 atom stereocenters. The standard InChI is InChI=1S/C14H18O/c1-10-7-11-5-4-6-13(15)12(11)9-14(2,3)8-10/h7-9H,4-6H2,1-3H3. The van der Waals surface area contributed by atoms with Gasteiger partial charge in [-0.15, -0.1) is 0 Å². The molecule has 1 fully saturated rings. The zero-order chi connectivity index (χ0) is 11.1. The average Bonchev–Trinajstić information content (AvgIpc) is 2.20. The van der Waals surface area contributed by atoms with E-state index < -0.39 is 0 Å². The van der Waals surface area contributed by atoms with E-state index in [4.69, 9.17) is 0 Å². The highest BCUT2D eigenvalue weighted by molar-refractivity contribution is 6.01. The third kappa shape index (κ3) is 2.11. The highest BCUT2D eigenvalue weighted by Crippen LogP contribution is 2.35. The number of allylic oxidation sites excluding steroid dienone is 6. The van der Waals surface area contributed by atoms with E-state index >= 15 is 0 Å². The van der Waals surface area contributed by atoms with Gasteiger partial charge >= 0.3 is 0 Å². The molecule has 0 aromatic rings. The Morgan fingerprint density at radius 1 is 1.20 bits per heavy atom. The molecule has 0 N–H and O–H groups in total. The zero-order valence-corrected chi connectivity index (χ0v) is 9.76. The highest BCUT2D eigenvalue weighted by Gasteiger charge is 2.25. The smallest absolute Gasteiger partial charge is 0.162 e. The van der Waals surface area contributed by atoms with Gasteiger partial charge in [-0.05, 0) is 25.3 Å². The predicted molar refractivity (Wildman–Crippen MR) is 62.6 cm³/mol. The Balaban J connectivity index is 2.50. The summed E-state index contributed by atoms with van der Waals surface area (Å²) in [5.41, 5.74) is 3.49. The molecular weight excluding hydrogens is 184 g/mol. The van der Waals surface area contributed by atoms with Crippen LogP contribution in [-0.4, -0.2) is 5.78 Å². The molecule has 0 aromatic carbocycles. The van der Waals surface area contributed by atoms with E-state index in [-0.39, 0.29) is 5.41 Å². The molecular formula is C14H18O. The van der Waals surface area contributed by atoms with E-state index in [1.807, 2.05) is 0 Å². The van der Waals surface area contributed by atoms with Gasteiger partial charge in [-0.2, -0.15) is 0 Å². The van der Waals surface area contributed by atoms with Crippen LogP contribution in [0.25, 0.3) is 0 Å². The Morgan fingerprint density at radius 3 is 2.67 bits per heavy atom. The van der Waals surface area contributed by atoms with Crippen molar-refractivity contribution in [2.24, 2.45) is 5.41 Å². The summed E-state index contributed by atoms with van der Waals surface area (Å²) < 4.78 is 0. The van der Waals surface area contributed by atoms with Crippen LogP contribution in [0.5, 0.6) is 0 Å². The van der Waals surface area contributed by atoms with Crippen LogP contribution in [-0.2, 0) is 4.79 Å². The van der Waals surface area contributed by atoms with Crippen LogP contribution in [0.15, 0.2) is 34.9 Å². The number of carbonyl (C=O) groups excluding carboxylic acids is 1. The molecule has 0 radical (unpaired) electrons. The number of ketones is 1. The summed E-state index contributed by atoms with van der Waals surface area (Å²) >= 11 is 0. The van der Waals surface area contributed by atoms with Gasteiger partial charge < -0.3 is 0 Å². The first-order chi connectivity index (χ1) is 6.98. The van der Waals surface area contributed by atoms with Gasteiger partial charge in [-0.1, -0.05) is 37.6 Å². The van der Waals surface area contributed by atoms with Crippen LogP contribution < -0.4 is 0 Å². The third-order valence-corrected chi connectivity index (χ3v) is 3.01. The average molecular weight is 202 g/mol. The SMILES string of the molecule is CC1=CC(C)(C)C=C2C(=O)CCCC2=C1. The molecule has 1 nitrogen and oxygen atoms in total. The van der Waals surface area contributed by atoms with E-state index in [0.29, 0.717) is 5.78 Å². The number of hydrogen-bond donors (Lipinski definition) is 0. The first-order valence-corrected chi connectivity index (χ1v) is 5.64. The Labute approximate surface area is 91.6 Å². The maximum atomic E-state index is 11.8. The summed E-state index contributed by atoms with van der Waals surface area (Å²) in [4.78, 5) is 11.8. The molecule has 2 aliphatic rings. The number of fused-ring (bicyclic) bond motifs is 1. The molecule has 0 aromatic heterocycles. The molecule has 0 bridgehead atoms. The van der Waals surface area contributed by atoms with Crippen LogP contribution in [0.4, 0.5) is 0 Å². The second-order valence-electron chi connectivity index (χ2n) is 5.21. The number of hydrogen-bond acceptors (Lipinski definition) is 1. The fraction of sp³-hybridized carbons (Fsp3) is 0.500. The summed E-state index contributed by atoms with van der Waals surface area (Å²) in [7, 11) is 0. The maximum absolute atomic E-state index is 11.8. The van der Waals surface area contributed by atoms with Gasteiger partial charge in [0.25, 0.3) is 0 Å². The molecule has 0 aliphatic heterocycles. The van der Waals surface area contributed by atoms with Crippen molar-refractivity contribution < 1.29 is 4.79 Å². The van der Waals surface area contributed by atoms with Gasteiger partial charge in [0.1, 0.15) is 0 Å². The van der Waals surface area contributed by atoms with E-state index in [9.17, 15) is 4.79 Å². The van der Waals surface area contributed by atoms with Crippen molar-refractivity contribution >= 4 is 5.78 Å². The second-order valence-corrected chi connectivity index (χ2v) is 5.21. The van der Waals surface area contributed by atoms with E-state index in [0.717, 1.165) is 24.8 Å². The second kappa shape index (κ2) is 3.48. The molecule has 0 saturated heterocycles. The quantitative estimate of drug-likeness (QED) is 0.587. The van der Waals surface area contributed by atoms with Crippen molar-refractivity contribution in [3.05, 3.63) is 34.9 Å². The van der Waals surface area contributed by atoms with Gasteiger partial charge in [0.2, 0.25) is 0 Å². The Hall–Kier alpha value is -1.11. The first kappa shape index (κ1) is 10.4. The van der Waals surface area contributed by atoms with Gasteiger partial charge in [-0.3, -0.25) is 4.79 Å². The number of Topliss-reactive ketones (excluding diaryl/α,β-unsaturated/α-hetero) is 1. The molecule has 0 amide bonds. The largest absolute Gasteiger partial charge is 0.294 e. The molecule has 1 heteroatoms. The Morgan fingerprint density at radius 2 is 1.93 bits per heavy atom. The van der Waals surface area contributed by atoms with E-state index in [2.05, 4.69) is 39.0 Å². The predicted octanol–water partition coefficient (Wildman–Crippen LogP) is 3.58. The monoisotopic (exact) mass is 202 g/mol. The minimum absolute atomic E-state index is 0.00463. The topological polar surface area (TPSA) is 17.1 Å². The molecule has 0 heterocycles. The molecule has 2 rings (SSSR count). The lowest BCUT2D eigenvalue weighted by atomic mass is 9.84. The fourth-order valence-electron chi connectivity index (χ4n) is 2.53. The highest BCUT2D eigenvalue weighted by atomic mass is 16.1. The molecule has 15 heavy (non-hydrogen) atoms. The van der Waals surface area contributed by atoms with Crippen molar-refractivity contribution in [1.82, 2.24) is 0 Å². The Kier molecular flexibility index (Phi) is 2.41. The van der Waals surface area contributed by atoms with E-state index in [1.165, 1.54) is 11.1 Å². The van der Waals surface area contributed by atoms with Gasteiger partial charge in [0, 0.05) is 17.4 Å². The van der Waals surface area contributed by atoms with Crippen LogP contribution >= 0.6 is 0 Å².